The normalized spacial score (nSPS) is 18.0. The van der Waals surface area contributed by atoms with Crippen LogP contribution >= 0.6 is 0 Å². The van der Waals surface area contributed by atoms with E-state index in [1.807, 2.05) is 38.1 Å². The van der Waals surface area contributed by atoms with Crippen LogP contribution in [-0.2, 0) is 27.3 Å². The number of hydrogen-bond acceptors (Lipinski definition) is 4. The van der Waals surface area contributed by atoms with Gasteiger partial charge >= 0.3 is 6.09 Å². The molecule has 2 aromatic carbocycles. The van der Waals surface area contributed by atoms with E-state index < -0.39 is 12.1 Å². The van der Waals surface area contributed by atoms with Crippen molar-refractivity contribution in [3.8, 4) is 0 Å². The van der Waals surface area contributed by atoms with E-state index in [2.05, 4.69) is 5.32 Å². The fourth-order valence-electron chi connectivity index (χ4n) is 4.09. The zero-order valence-electron chi connectivity index (χ0n) is 17.8. The SMILES string of the molecule is CC(C)CC(=O)N1Cc2ccccc2CC1C(=O)Nc1cccc(N2CCOC2=O)c1. The molecular weight excluding hydrogens is 394 g/mol. The van der Waals surface area contributed by atoms with Crippen molar-refractivity contribution in [2.24, 2.45) is 5.92 Å². The monoisotopic (exact) mass is 421 g/mol. The highest BCUT2D eigenvalue weighted by Crippen LogP contribution is 2.27. The molecule has 1 N–H and O–H groups in total. The lowest BCUT2D eigenvalue weighted by Crippen LogP contribution is -2.50. The van der Waals surface area contributed by atoms with Gasteiger partial charge in [-0.25, -0.2) is 4.79 Å². The Balaban J connectivity index is 1.55. The van der Waals surface area contributed by atoms with E-state index in [0.717, 1.165) is 11.1 Å². The fourth-order valence-corrected chi connectivity index (χ4v) is 4.09. The molecule has 2 aliphatic rings. The zero-order chi connectivity index (χ0) is 22.0. The Hall–Kier alpha value is -3.35. The average molecular weight is 421 g/mol. The molecular formula is C24H27N3O4. The van der Waals surface area contributed by atoms with Gasteiger partial charge < -0.3 is 15.0 Å². The second-order valence-corrected chi connectivity index (χ2v) is 8.41. The van der Waals surface area contributed by atoms with Gasteiger partial charge in [0.05, 0.1) is 6.54 Å². The van der Waals surface area contributed by atoms with Crippen molar-refractivity contribution in [1.29, 1.82) is 0 Å². The standard InChI is InChI=1S/C24H27N3O4/c1-16(2)12-22(28)27-15-18-7-4-3-6-17(18)13-21(27)23(29)25-19-8-5-9-20(14-19)26-10-11-31-24(26)30/h3-9,14,16,21H,10-13,15H2,1-2H3,(H,25,29). The summed E-state index contributed by atoms with van der Waals surface area (Å²) in [6, 6.07) is 14.5. The number of benzene rings is 2. The van der Waals surface area contributed by atoms with Crippen LogP contribution in [-0.4, -0.2) is 42.0 Å². The molecule has 1 atom stereocenters. The highest BCUT2D eigenvalue weighted by Gasteiger charge is 2.34. The fraction of sp³-hybridized carbons (Fsp3) is 0.375. The minimum atomic E-state index is -0.582. The van der Waals surface area contributed by atoms with Crippen molar-refractivity contribution < 1.29 is 19.1 Å². The Kier molecular flexibility index (Phi) is 5.93. The van der Waals surface area contributed by atoms with Crippen LogP contribution in [0, 0.1) is 5.92 Å². The van der Waals surface area contributed by atoms with Gasteiger partial charge in [-0.2, -0.15) is 0 Å². The zero-order valence-corrected chi connectivity index (χ0v) is 17.8. The van der Waals surface area contributed by atoms with Crippen molar-refractivity contribution in [3.05, 3.63) is 59.7 Å². The van der Waals surface area contributed by atoms with E-state index in [1.54, 1.807) is 29.2 Å². The average Bonchev–Trinajstić information content (AvgIpc) is 3.18. The first-order chi connectivity index (χ1) is 14.9. The van der Waals surface area contributed by atoms with E-state index in [-0.39, 0.29) is 17.7 Å². The van der Waals surface area contributed by atoms with Crippen LogP contribution in [0.5, 0.6) is 0 Å². The molecule has 2 heterocycles. The number of fused-ring (bicyclic) bond motifs is 1. The van der Waals surface area contributed by atoms with Gasteiger partial charge in [0.1, 0.15) is 12.6 Å². The second kappa shape index (κ2) is 8.79. The Bertz CT molecular complexity index is 1000. The lowest BCUT2D eigenvalue weighted by Gasteiger charge is -2.36. The van der Waals surface area contributed by atoms with Crippen molar-refractivity contribution >= 4 is 29.3 Å². The number of carbonyl (C=O) groups excluding carboxylic acids is 3. The predicted molar refractivity (Wildman–Crippen MR) is 118 cm³/mol. The Morgan fingerprint density at radius 2 is 1.90 bits per heavy atom. The van der Waals surface area contributed by atoms with E-state index >= 15 is 0 Å². The molecule has 1 unspecified atom stereocenters. The first-order valence-corrected chi connectivity index (χ1v) is 10.6. The summed E-state index contributed by atoms with van der Waals surface area (Å²) in [5, 5.41) is 2.95. The van der Waals surface area contributed by atoms with Crippen molar-refractivity contribution in [3.63, 3.8) is 0 Å². The first-order valence-electron chi connectivity index (χ1n) is 10.6. The predicted octanol–water partition coefficient (Wildman–Crippen LogP) is 3.58. The van der Waals surface area contributed by atoms with Crippen LogP contribution in [0.1, 0.15) is 31.4 Å². The van der Waals surface area contributed by atoms with Crippen molar-refractivity contribution in [1.82, 2.24) is 4.90 Å². The molecule has 31 heavy (non-hydrogen) atoms. The van der Waals surface area contributed by atoms with Gasteiger partial charge in [-0.05, 0) is 35.2 Å². The van der Waals surface area contributed by atoms with Crippen molar-refractivity contribution in [2.75, 3.05) is 23.4 Å². The maximum atomic E-state index is 13.3. The number of rotatable bonds is 5. The Morgan fingerprint density at radius 3 is 2.61 bits per heavy atom. The third-order valence-electron chi connectivity index (χ3n) is 5.64. The molecule has 162 valence electrons. The van der Waals surface area contributed by atoms with Gasteiger partial charge in [-0.3, -0.25) is 14.5 Å². The van der Waals surface area contributed by atoms with Crippen LogP contribution in [0.15, 0.2) is 48.5 Å². The summed E-state index contributed by atoms with van der Waals surface area (Å²) in [6.45, 7) is 5.26. The number of ether oxygens (including phenoxy) is 1. The minimum Gasteiger partial charge on any atom is -0.447 e. The quantitative estimate of drug-likeness (QED) is 0.800. The van der Waals surface area contributed by atoms with Gasteiger partial charge in [0.2, 0.25) is 11.8 Å². The smallest absolute Gasteiger partial charge is 0.414 e. The minimum absolute atomic E-state index is 0.0155. The molecule has 1 fully saturated rings. The summed E-state index contributed by atoms with van der Waals surface area (Å²) in [5.74, 6) is -0.0312. The Morgan fingerprint density at radius 1 is 1.13 bits per heavy atom. The molecule has 3 amide bonds. The topological polar surface area (TPSA) is 79.0 Å². The molecule has 2 aromatic rings. The van der Waals surface area contributed by atoms with Crippen LogP contribution in [0.2, 0.25) is 0 Å². The summed E-state index contributed by atoms with van der Waals surface area (Å²) in [6.07, 6.45) is 0.487. The number of amides is 3. The van der Waals surface area contributed by atoms with E-state index in [9.17, 15) is 14.4 Å². The summed E-state index contributed by atoms with van der Waals surface area (Å²) < 4.78 is 5.00. The molecule has 0 saturated carbocycles. The molecule has 0 aliphatic carbocycles. The van der Waals surface area contributed by atoms with Gasteiger partial charge in [0, 0.05) is 30.8 Å². The molecule has 7 nitrogen and oxygen atoms in total. The summed E-state index contributed by atoms with van der Waals surface area (Å²) >= 11 is 0. The van der Waals surface area contributed by atoms with Crippen LogP contribution in [0.25, 0.3) is 0 Å². The number of nitrogens with zero attached hydrogens (tertiary/aromatic N) is 2. The number of carbonyl (C=O) groups is 3. The van der Waals surface area contributed by atoms with Crippen LogP contribution in [0.4, 0.5) is 16.2 Å². The molecule has 0 aromatic heterocycles. The third kappa shape index (κ3) is 4.55. The highest BCUT2D eigenvalue weighted by molar-refractivity contribution is 5.98. The number of anilines is 2. The van der Waals surface area contributed by atoms with E-state index in [4.69, 9.17) is 4.74 Å². The van der Waals surface area contributed by atoms with Crippen molar-refractivity contribution in [2.45, 2.75) is 39.3 Å². The van der Waals surface area contributed by atoms with Gasteiger partial charge in [-0.15, -0.1) is 0 Å². The molecule has 2 aliphatic heterocycles. The van der Waals surface area contributed by atoms with E-state index in [1.165, 1.54) is 4.90 Å². The lowest BCUT2D eigenvalue weighted by molar-refractivity contribution is -0.140. The lowest BCUT2D eigenvalue weighted by atomic mass is 9.92. The molecule has 0 bridgehead atoms. The molecule has 4 rings (SSSR count). The highest BCUT2D eigenvalue weighted by atomic mass is 16.6. The number of cyclic esters (lactones) is 1. The Labute approximate surface area is 182 Å². The largest absolute Gasteiger partial charge is 0.447 e. The summed E-state index contributed by atoms with van der Waals surface area (Å²) in [4.78, 5) is 41.3. The van der Waals surface area contributed by atoms with E-state index in [0.29, 0.717) is 43.9 Å². The van der Waals surface area contributed by atoms with Crippen LogP contribution in [0.3, 0.4) is 0 Å². The molecule has 1 saturated heterocycles. The number of nitrogens with one attached hydrogen (secondary N) is 1. The second-order valence-electron chi connectivity index (χ2n) is 8.41. The van der Waals surface area contributed by atoms with Gasteiger partial charge in [-0.1, -0.05) is 44.2 Å². The first kappa shape index (κ1) is 20.9. The maximum absolute atomic E-state index is 13.3. The van der Waals surface area contributed by atoms with Gasteiger partial charge in [0.15, 0.2) is 0 Å². The molecule has 7 heteroatoms. The third-order valence-corrected chi connectivity index (χ3v) is 5.64. The van der Waals surface area contributed by atoms with Crippen LogP contribution < -0.4 is 10.2 Å². The molecule has 0 spiro atoms. The molecule has 0 radical (unpaired) electrons. The summed E-state index contributed by atoms with van der Waals surface area (Å²) in [5.41, 5.74) is 3.42. The van der Waals surface area contributed by atoms with Gasteiger partial charge in [0.25, 0.3) is 0 Å². The summed E-state index contributed by atoms with van der Waals surface area (Å²) in [7, 11) is 0. The maximum Gasteiger partial charge on any atom is 0.414 e. The number of hydrogen-bond donors (Lipinski definition) is 1.